The third-order valence-electron chi connectivity index (χ3n) is 1.99. The summed E-state index contributed by atoms with van der Waals surface area (Å²) in [5.41, 5.74) is 1.63. The maximum absolute atomic E-state index is 11.4. The second-order valence-electron chi connectivity index (χ2n) is 3.26. The fourth-order valence-corrected chi connectivity index (χ4v) is 1.33. The lowest BCUT2D eigenvalue weighted by atomic mass is 10.2. The molecule has 1 heterocycles. The van der Waals surface area contributed by atoms with Crippen LogP contribution in [0.25, 0.3) is 0 Å². The van der Waals surface area contributed by atoms with Crippen LogP contribution in [0.5, 0.6) is 0 Å². The molecule has 0 atom stereocenters. The summed E-state index contributed by atoms with van der Waals surface area (Å²) in [7, 11) is 0. The second kappa shape index (κ2) is 3.70. The van der Waals surface area contributed by atoms with E-state index in [1.807, 2.05) is 19.1 Å². The van der Waals surface area contributed by atoms with Crippen molar-refractivity contribution in [3.05, 3.63) is 29.8 Å². The van der Waals surface area contributed by atoms with E-state index in [1.54, 1.807) is 12.1 Å². The molecule has 1 aromatic rings. The minimum Gasteiger partial charge on any atom is -0.274 e. The lowest BCUT2D eigenvalue weighted by Crippen LogP contribution is -2.50. The van der Waals surface area contributed by atoms with Crippen molar-refractivity contribution >= 4 is 17.6 Å². The Balaban J connectivity index is 2.24. The molecule has 1 aromatic carbocycles. The molecular weight excluding hydrogens is 196 g/mol. The topological polar surface area (TPSA) is 58.6 Å². The molecule has 5 nitrogen and oxygen atoms in total. The summed E-state index contributed by atoms with van der Waals surface area (Å²) < 4.78 is 0. The molecular formula is C10H10N2O3. The van der Waals surface area contributed by atoms with Gasteiger partial charge in [0.05, 0.1) is 5.69 Å². The van der Waals surface area contributed by atoms with Crippen molar-refractivity contribution in [2.75, 3.05) is 11.7 Å². The minimum absolute atomic E-state index is 0.139. The highest BCUT2D eigenvalue weighted by atomic mass is 16.7. The van der Waals surface area contributed by atoms with Crippen LogP contribution in [-0.2, 0) is 9.63 Å². The van der Waals surface area contributed by atoms with Crippen LogP contribution >= 0.6 is 0 Å². The average Bonchev–Trinajstić information content (AvgIpc) is 2.17. The second-order valence-corrected chi connectivity index (χ2v) is 3.26. The van der Waals surface area contributed by atoms with Gasteiger partial charge in [0.25, 0.3) is 5.91 Å². The van der Waals surface area contributed by atoms with Crippen LogP contribution in [0, 0.1) is 6.92 Å². The zero-order chi connectivity index (χ0) is 10.8. The molecule has 1 N–H and O–H groups in total. The first-order valence-corrected chi connectivity index (χ1v) is 4.50. The Hall–Kier alpha value is -1.88. The number of hydroxylamine groups is 1. The summed E-state index contributed by atoms with van der Waals surface area (Å²) in [4.78, 5) is 27.2. The van der Waals surface area contributed by atoms with Gasteiger partial charge in [-0.3, -0.25) is 14.9 Å². The number of amides is 3. The molecule has 1 saturated heterocycles. The number of nitrogens with zero attached hydrogens (tertiary/aromatic N) is 1. The Morgan fingerprint density at radius 2 is 2.20 bits per heavy atom. The molecule has 0 bridgehead atoms. The standard InChI is InChI=1S/C10H10N2O3/c1-7-3-2-4-8(5-7)12-10(14)11-9(13)6-15-12/h2-5H,6H2,1H3,(H,11,13,14). The van der Waals surface area contributed by atoms with Gasteiger partial charge in [-0.1, -0.05) is 12.1 Å². The largest absolute Gasteiger partial charge is 0.352 e. The normalized spacial score (nSPS) is 16.5. The molecule has 5 heteroatoms. The van der Waals surface area contributed by atoms with E-state index in [1.165, 1.54) is 0 Å². The molecule has 1 aliphatic heterocycles. The van der Waals surface area contributed by atoms with Gasteiger partial charge in [0.15, 0.2) is 6.61 Å². The van der Waals surface area contributed by atoms with Crippen LogP contribution in [0.2, 0.25) is 0 Å². The Labute approximate surface area is 86.6 Å². The molecule has 15 heavy (non-hydrogen) atoms. The lowest BCUT2D eigenvalue weighted by molar-refractivity contribution is -0.126. The first-order chi connectivity index (χ1) is 7.16. The van der Waals surface area contributed by atoms with Crippen molar-refractivity contribution in [3.63, 3.8) is 0 Å². The smallest absolute Gasteiger partial charge is 0.274 e. The molecule has 1 aliphatic rings. The molecule has 0 aromatic heterocycles. The van der Waals surface area contributed by atoms with E-state index in [-0.39, 0.29) is 6.61 Å². The van der Waals surface area contributed by atoms with E-state index < -0.39 is 11.9 Å². The summed E-state index contributed by atoms with van der Waals surface area (Å²) in [6.45, 7) is 1.77. The number of hydrogen-bond donors (Lipinski definition) is 1. The van der Waals surface area contributed by atoms with Gasteiger partial charge in [-0.2, -0.15) is 5.06 Å². The van der Waals surface area contributed by atoms with Gasteiger partial charge in [0.2, 0.25) is 0 Å². The Morgan fingerprint density at radius 3 is 2.87 bits per heavy atom. The quantitative estimate of drug-likeness (QED) is 0.745. The van der Waals surface area contributed by atoms with Gasteiger partial charge >= 0.3 is 6.03 Å². The molecule has 3 amide bonds. The summed E-state index contributed by atoms with van der Waals surface area (Å²) >= 11 is 0. The molecule has 0 aliphatic carbocycles. The SMILES string of the molecule is Cc1cccc(N2OCC(=O)NC2=O)c1. The Kier molecular flexibility index (Phi) is 2.39. The fourth-order valence-electron chi connectivity index (χ4n) is 1.33. The predicted octanol–water partition coefficient (Wildman–Crippen LogP) is 0.983. The number of rotatable bonds is 1. The molecule has 1 fully saturated rings. The van der Waals surface area contributed by atoms with Crippen molar-refractivity contribution < 1.29 is 14.4 Å². The molecule has 0 spiro atoms. The molecule has 0 radical (unpaired) electrons. The third-order valence-corrected chi connectivity index (χ3v) is 1.99. The van der Waals surface area contributed by atoms with Gasteiger partial charge in [-0.25, -0.2) is 4.79 Å². The summed E-state index contributed by atoms with van der Waals surface area (Å²) in [5.74, 6) is -0.427. The van der Waals surface area contributed by atoms with Gasteiger partial charge in [0, 0.05) is 0 Å². The third kappa shape index (κ3) is 1.97. The van der Waals surface area contributed by atoms with Gasteiger partial charge < -0.3 is 0 Å². The number of anilines is 1. The number of nitrogens with one attached hydrogen (secondary N) is 1. The number of carbonyl (C=O) groups is 2. The molecule has 2 rings (SSSR count). The van der Waals surface area contributed by atoms with Crippen molar-refractivity contribution in [2.24, 2.45) is 0 Å². The van der Waals surface area contributed by atoms with Crippen LogP contribution in [0.4, 0.5) is 10.5 Å². The van der Waals surface area contributed by atoms with Crippen LogP contribution in [0.3, 0.4) is 0 Å². The van der Waals surface area contributed by atoms with Crippen molar-refractivity contribution in [1.82, 2.24) is 5.32 Å². The highest BCUT2D eigenvalue weighted by Crippen LogP contribution is 2.17. The number of hydrogen-bond acceptors (Lipinski definition) is 3. The van der Waals surface area contributed by atoms with Gasteiger partial charge in [-0.05, 0) is 24.6 Å². The maximum Gasteiger partial charge on any atom is 0.352 e. The van der Waals surface area contributed by atoms with E-state index in [2.05, 4.69) is 5.32 Å². The zero-order valence-electron chi connectivity index (χ0n) is 8.19. The van der Waals surface area contributed by atoms with Crippen LogP contribution in [-0.4, -0.2) is 18.5 Å². The van der Waals surface area contributed by atoms with E-state index in [9.17, 15) is 9.59 Å². The number of aryl methyl sites for hydroxylation is 1. The fraction of sp³-hybridized carbons (Fsp3) is 0.200. The number of carbonyl (C=O) groups excluding carboxylic acids is 2. The molecule has 0 unspecified atom stereocenters. The Morgan fingerprint density at radius 1 is 1.40 bits per heavy atom. The van der Waals surface area contributed by atoms with E-state index >= 15 is 0 Å². The van der Waals surface area contributed by atoms with Gasteiger partial charge in [-0.15, -0.1) is 0 Å². The van der Waals surface area contributed by atoms with Crippen molar-refractivity contribution in [1.29, 1.82) is 0 Å². The van der Waals surface area contributed by atoms with E-state index in [0.29, 0.717) is 5.69 Å². The van der Waals surface area contributed by atoms with E-state index in [4.69, 9.17) is 4.84 Å². The predicted molar refractivity (Wildman–Crippen MR) is 53.1 cm³/mol. The first-order valence-electron chi connectivity index (χ1n) is 4.50. The van der Waals surface area contributed by atoms with Gasteiger partial charge in [0.1, 0.15) is 0 Å². The zero-order valence-corrected chi connectivity index (χ0v) is 8.19. The molecule has 78 valence electrons. The summed E-state index contributed by atoms with van der Waals surface area (Å²) in [5, 5.41) is 3.25. The first kappa shape index (κ1) is 9.67. The van der Waals surface area contributed by atoms with Crippen molar-refractivity contribution in [2.45, 2.75) is 6.92 Å². The highest BCUT2D eigenvalue weighted by molar-refractivity contribution is 6.03. The van der Waals surface area contributed by atoms with Crippen LogP contribution in [0.1, 0.15) is 5.56 Å². The summed E-state index contributed by atoms with van der Waals surface area (Å²) in [6.07, 6.45) is 0. The number of urea groups is 1. The number of benzene rings is 1. The lowest BCUT2D eigenvalue weighted by Gasteiger charge is -2.25. The number of imide groups is 1. The highest BCUT2D eigenvalue weighted by Gasteiger charge is 2.25. The minimum atomic E-state index is -0.558. The average molecular weight is 206 g/mol. The summed E-state index contributed by atoms with van der Waals surface area (Å²) in [6, 6.07) is 6.71. The maximum atomic E-state index is 11.4. The van der Waals surface area contributed by atoms with E-state index in [0.717, 1.165) is 10.6 Å². The van der Waals surface area contributed by atoms with Crippen molar-refractivity contribution in [3.8, 4) is 0 Å². The van der Waals surface area contributed by atoms with Crippen LogP contribution in [0.15, 0.2) is 24.3 Å². The Bertz CT molecular complexity index is 417. The monoisotopic (exact) mass is 206 g/mol. The van der Waals surface area contributed by atoms with Crippen LogP contribution < -0.4 is 10.4 Å². The molecule has 0 saturated carbocycles.